The molecule has 2 aromatic rings. The van der Waals surface area contributed by atoms with Crippen LogP contribution >= 0.6 is 0 Å². The van der Waals surface area contributed by atoms with Crippen molar-refractivity contribution in [2.45, 2.75) is 62.5 Å². The van der Waals surface area contributed by atoms with Gasteiger partial charge in [-0.15, -0.1) is 0 Å². The van der Waals surface area contributed by atoms with Gasteiger partial charge in [-0.2, -0.15) is 4.31 Å². The molecule has 11 nitrogen and oxygen atoms in total. The SMILES string of the molecule is CC[C@H](C)CN(C[C@@H](O)[C@H](Cc1ccc(O)cc1)NC(=O)O[C@H]1CO[C@H]2OCC[C@H]21)S(=O)(=O)c1ccc(N)cc1. The summed E-state index contributed by atoms with van der Waals surface area (Å²) in [6.07, 6.45) is -1.26. The van der Waals surface area contributed by atoms with Crippen molar-refractivity contribution in [3.05, 3.63) is 54.1 Å². The molecule has 0 aromatic heterocycles. The third-order valence-electron chi connectivity index (χ3n) is 7.52. The molecule has 2 aromatic carbocycles. The van der Waals surface area contributed by atoms with E-state index in [1.54, 1.807) is 12.1 Å². The van der Waals surface area contributed by atoms with Gasteiger partial charge in [-0.05, 0) is 60.7 Å². The molecule has 0 spiro atoms. The molecule has 4 rings (SSSR count). The van der Waals surface area contributed by atoms with Crippen LogP contribution in [-0.4, -0.2) is 79.9 Å². The van der Waals surface area contributed by atoms with Gasteiger partial charge < -0.3 is 35.5 Å². The summed E-state index contributed by atoms with van der Waals surface area (Å²) in [6, 6.07) is 11.4. The van der Waals surface area contributed by atoms with Gasteiger partial charge in [0.25, 0.3) is 0 Å². The van der Waals surface area contributed by atoms with Gasteiger partial charge in [0.1, 0.15) is 11.9 Å². The zero-order chi connectivity index (χ0) is 28.9. The number of amides is 1. The molecule has 40 heavy (non-hydrogen) atoms. The van der Waals surface area contributed by atoms with Crippen LogP contribution in [0.2, 0.25) is 0 Å². The highest BCUT2D eigenvalue weighted by Crippen LogP contribution is 2.33. The molecule has 12 heteroatoms. The number of anilines is 1. The van der Waals surface area contributed by atoms with Gasteiger partial charge in [0.15, 0.2) is 6.29 Å². The minimum atomic E-state index is -3.98. The number of nitrogens with one attached hydrogen (secondary N) is 1. The summed E-state index contributed by atoms with van der Waals surface area (Å²) in [5.74, 6) is 0.0487. The molecule has 0 aliphatic carbocycles. The molecule has 2 saturated heterocycles. The zero-order valence-electron chi connectivity index (χ0n) is 22.8. The largest absolute Gasteiger partial charge is 0.508 e. The summed E-state index contributed by atoms with van der Waals surface area (Å²) >= 11 is 0. The van der Waals surface area contributed by atoms with E-state index < -0.39 is 34.4 Å². The summed E-state index contributed by atoms with van der Waals surface area (Å²) in [5, 5.41) is 23.8. The van der Waals surface area contributed by atoms with Crippen molar-refractivity contribution in [2.24, 2.45) is 11.8 Å². The first-order valence-corrected chi connectivity index (χ1v) is 15.0. The number of sulfonamides is 1. The Morgan fingerprint density at radius 1 is 1.15 bits per heavy atom. The van der Waals surface area contributed by atoms with Gasteiger partial charge in [-0.1, -0.05) is 32.4 Å². The van der Waals surface area contributed by atoms with E-state index in [2.05, 4.69) is 5.32 Å². The van der Waals surface area contributed by atoms with Gasteiger partial charge in [0.2, 0.25) is 10.0 Å². The summed E-state index contributed by atoms with van der Waals surface area (Å²) in [6.45, 7) is 4.58. The van der Waals surface area contributed by atoms with Crippen molar-refractivity contribution < 1.29 is 37.6 Å². The number of alkyl carbamates (subject to hydrolysis) is 1. The van der Waals surface area contributed by atoms with Crippen molar-refractivity contribution >= 4 is 21.8 Å². The summed E-state index contributed by atoms with van der Waals surface area (Å²) in [4.78, 5) is 13.0. The lowest BCUT2D eigenvalue weighted by Crippen LogP contribution is -2.51. The van der Waals surface area contributed by atoms with E-state index in [0.29, 0.717) is 12.3 Å². The number of hydrogen-bond acceptors (Lipinski definition) is 9. The molecule has 2 fully saturated rings. The average molecular weight is 578 g/mol. The lowest BCUT2D eigenvalue weighted by atomic mass is 10.0. The minimum absolute atomic E-state index is 0.0215. The second kappa shape index (κ2) is 13.2. The van der Waals surface area contributed by atoms with E-state index in [1.807, 2.05) is 13.8 Å². The number of benzene rings is 2. The zero-order valence-corrected chi connectivity index (χ0v) is 23.6. The average Bonchev–Trinajstić information content (AvgIpc) is 3.54. The van der Waals surface area contributed by atoms with Crippen LogP contribution in [0.25, 0.3) is 0 Å². The van der Waals surface area contributed by atoms with Gasteiger partial charge in [0, 0.05) is 18.8 Å². The molecule has 0 saturated carbocycles. The van der Waals surface area contributed by atoms with Crippen molar-refractivity contribution in [3.63, 3.8) is 0 Å². The Kier molecular flexibility index (Phi) is 9.90. The quantitative estimate of drug-likeness (QED) is 0.278. The van der Waals surface area contributed by atoms with Crippen LogP contribution in [0.3, 0.4) is 0 Å². The molecule has 6 atom stereocenters. The highest BCUT2D eigenvalue weighted by atomic mass is 32.2. The van der Waals surface area contributed by atoms with Crippen LogP contribution < -0.4 is 11.1 Å². The standard InChI is InChI=1S/C28H39N3O8S/c1-3-18(2)15-31(40(35,36)22-10-6-20(29)7-11-22)16-25(33)24(14-19-4-8-21(32)9-5-19)30-28(34)39-26-17-38-27-23(26)12-13-37-27/h4-11,18,23-27,32-33H,3,12-17,29H2,1-2H3,(H,30,34)/t18-,23-,24-,25+,26-,27+/m0/s1. The number of nitrogens with two attached hydrogens (primary N) is 1. The Hall–Kier alpha value is -2.90. The van der Waals surface area contributed by atoms with Crippen LogP contribution in [0.15, 0.2) is 53.4 Å². The third-order valence-corrected chi connectivity index (χ3v) is 9.37. The highest BCUT2D eigenvalue weighted by Gasteiger charge is 2.44. The van der Waals surface area contributed by atoms with E-state index in [4.69, 9.17) is 19.9 Å². The first-order valence-electron chi connectivity index (χ1n) is 13.6. The number of nitrogen functional groups attached to an aromatic ring is 1. The first-order chi connectivity index (χ1) is 19.1. The lowest BCUT2D eigenvalue weighted by Gasteiger charge is -2.31. The molecular formula is C28H39N3O8S. The second-order valence-corrected chi connectivity index (χ2v) is 12.5. The molecule has 2 heterocycles. The van der Waals surface area contributed by atoms with Crippen LogP contribution in [0.5, 0.6) is 5.75 Å². The number of nitrogens with zero attached hydrogens (tertiary/aromatic N) is 1. The molecule has 0 unspecified atom stereocenters. The maximum absolute atomic E-state index is 13.6. The van der Waals surface area contributed by atoms with Crippen molar-refractivity contribution in [1.82, 2.24) is 9.62 Å². The Bertz CT molecular complexity index is 1230. The maximum atomic E-state index is 13.6. The summed E-state index contributed by atoms with van der Waals surface area (Å²) < 4.78 is 45.2. The Morgan fingerprint density at radius 2 is 1.85 bits per heavy atom. The number of rotatable bonds is 12. The molecular weight excluding hydrogens is 538 g/mol. The number of carbonyl (C=O) groups is 1. The molecule has 0 radical (unpaired) electrons. The fourth-order valence-corrected chi connectivity index (χ4v) is 6.49. The van der Waals surface area contributed by atoms with Crippen molar-refractivity contribution in [3.8, 4) is 5.75 Å². The fraction of sp³-hybridized carbons (Fsp3) is 0.536. The van der Waals surface area contributed by atoms with Crippen LogP contribution in [0, 0.1) is 11.8 Å². The Labute approximate surface area is 235 Å². The summed E-state index contributed by atoms with van der Waals surface area (Å²) in [7, 11) is -3.98. The summed E-state index contributed by atoms with van der Waals surface area (Å²) in [5.41, 5.74) is 6.92. The maximum Gasteiger partial charge on any atom is 0.407 e. The number of carbonyl (C=O) groups excluding carboxylic acids is 1. The molecule has 220 valence electrons. The second-order valence-electron chi connectivity index (χ2n) is 10.6. The van der Waals surface area contributed by atoms with Crippen molar-refractivity contribution in [1.29, 1.82) is 0 Å². The van der Waals surface area contributed by atoms with E-state index in [0.717, 1.165) is 18.4 Å². The number of phenolic OH excluding ortho intramolecular Hbond substituents is 1. The molecule has 5 N–H and O–H groups in total. The fourth-order valence-electron chi connectivity index (χ4n) is 4.91. The number of aliphatic hydroxyl groups excluding tert-OH is 1. The predicted molar refractivity (Wildman–Crippen MR) is 148 cm³/mol. The lowest BCUT2D eigenvalue weighted by molar-refractivity contribution is -0.0907. The molecule has 0 bridgehead atoms. The normalized spacial score (nSPS) is 22.9. The van der Waals surface area contributed by atoms with Gasteiger partial charge in [0.05, 0.1) is 36.2 Å². The smallest absolute Gasteiger partial charge is 0.407 e. The topological polar surface area (TPSA) is 161 Å². The van der Waals surface area contributed by atoms with E-state index in [1.165, 1.54) is 40.7 Å². The number of aliphatic hydroxyl groups is 1. The first kappa shape index (κ1) is 30.1. The van der Waals surface area contributed by atoms with E-state index in [9.17, 15) is 23.4 Å². The van der Waals surface area contributed by atoms with Gasteiger partial charge in [-0.3, -0.25) is 0 Å². The molecule has 2 aliphatic heterocycles. The number of ether oxygens (including phenoxy) is 3. The number of aromatic hydroxyl groups is 1. The number of hydrogen-bond donors (Lipinski definition) is 4. The minimum Gasteiger partial charge on any atom is -0.508 e. The Morgan fingerprint density at radius 3 is 2.52 bits per heavy atom. The highest BCUT2D eigenvalue weighted by molar-refractivity contribution is 7.89. The van der Waals surface area contributed by atoms with Gasteiger partial charge >= 0.3 is 6.09 Å². The van der Waals surface area contributed by atoms with Gasteiger partial charge in [-0.25, -0.2) is 13.2 Å². The van der Waals surface area contributed by atoms with Crippen LogP contribution in [0.4, 0.5) is 10.5 Å². The van der Waals surface area contributed by atoms with E-state index in [-0.39, 0.29) is 54.9 Å². The third kappa shape index (κ3) is 7.43. The molecule has 2 aliphatic rings. The molecule has 1 amide bonds. The predicted octanol–water partition coefficient (Wildman–Crippen LogP) is 2.47. The van der Waals surface area contributed by atoms with Crippen LogP contribution in [0.1, 0.15) is 32.3 Å². The van der Waals surface area contributed by atoms with Crippen molar-refractivity contribution in [2.75, 3.05) is 32.0 Å². The van der Waals surface area contributed by atoms with Crippen LogP contribution in [-0.2, 0) is 30.7 Å². The monoisotopic (exact) mass is 577 g/mol. The van der Waals surface area contributed by atoms with E-state index >= 15 is 0 Å². The Balaban J connectivity index is 1.53. The number of phenols is 1. The number of fused-ring (bicyclic) bond motifs is 1.